The molecule has 5 nitrogen and oxygen atoms in total. The first-order valence-corrected chi connectivity index (χ1v) is 13.0. The molecule has 3 aromatic rings. The van der Waals surface area contributed by atoms with Crippen molar-refractivity contribution in [2.45, 2.75) is 56.6 Å². The summed E-state index contributed by atoms with van der Waals surface area (Å²) in [5.74, 6) is 0.822. The molecule has 1 aliphatic rings. The van der Waals surface area contributed by atoms with E-state index in [1.54, 1.807) is 11.8 Å². The number of hydrogen-bond donors (Lipinski definition) is 0. The summed E-state index contributed by atoms with van der Waals surface area (Å²) in [6.07, 6.45) is -1.44. The van der Waals surface area contributed by atoms with E-state index in [0.29, 0.717) is 19.8 Å². The first-order chi connectivity index (χ1) is 17.3. The van der Waals surface area contributed by atoms with E-state index >= 15 is 0 Å². The summed E-state index contributed by atoms with van der Waals surface area (Å²) in [6.45, 7) is 3.21. The number of benzene rings is 3. The maximum absolute atomic E-state index is 12.1. The van der Waals surface area contributed by atoms with E-state index in [2.05, 4.69) is 6.92 Å². The van der Waals surface area contributed by atoms with Crippen molar-refractivity contribution in [2.24, 2.45) is 0 Å². The van der Waals surface area contributed by atoms with Gasteiger partial charge in [-0.15, -0.1) is 11.8 Å². The van der Waals surface area contributed by atoms with Gasteiger partial charge in [-0.1, -0.05) is 97.9 Å². The largest absolute Gasteiger partial charge is 0.368 e. The van der Waals surface area contributed by atoms with Gasteiger partial charge in [0.25, 0.3) is 0 Å². The number of aldehydes is 1. The first kappa shape index (κ1) is 25.6. The Labute approximate surface area is 211 Å². The molecule has 0 bridgehead atoms. The molecule has 1 aliphatic heterocycles. The normalized spacial score (nSPS) is 24.2. The molecule has 1 saturated heterocycles. The van der Waals surface area contributed by atoms with Gasteiger partial charge < -0.3 is 23.7 Å². The third-order valence-corrected chi connectivity index (χ3v) is 6.89. The number of carbonyl (C=O) groups excluding carboxylic acids is 1. The van der Waals surface area contributed by atoms with Gasteiger partial charge in [-0.25, -0.2) is 0 Å². The number of carbonyl (C=O) groups is 1. The molecule has 1 fully saturated rings. The molecule has 0 amide bonds. The minimum atomic E-state index is -0.750. The summed E-state index contributed by atoms with van der Waals surface area (Å²) in [5.41, 5.74) is 2.78. The van der Waals surface area contributed by atoms with Crippen LogP contribution in [0.15, 0.2) is 91.0 Å². The van der Waals surface area contributed by atoms with Crippen molar-refractivity contribution in [1.29, 1.82) is 0 Å². The molecule has 0 aromatic heterocycles. The number of hydrogen-bond acceptors (Lipinski definition) is 6. The van der Waals surface area contributed by atoms with Crippen LogP contribution in [0.1, 0.15) is 23.6 Å². The molecule has 0 saturated carbocycles. The van der Waals surface area contributed by atoms with Gasteiger partial charge in [0, 0.05) is 0 Å². The minimum absolute atomic E-state index is 0.349. The van der Waals surface area contributed by atoms with Crippen LogP contribution in [0.2, 0.25) is 0 Å². The quantitative estimate of drug-likeness (QED) is 0.315. The molecule has 0 spiro atoms. The van der Waals surface area contributed by atoms with Crippen molar-refractivity contribution >= 4 is 18.0 Å². The van der Waals surface area contributed by atoms with E-state index in [4.69, 9.17) is 18.9 Å². The predicted octanol–water partition coefficient (Wildman–Crippen LogP) is 5.42. The maximum atomic E-state index is 12.1. The van der Waals surface area contributed by atoms with Gasteiger partial charge in [0.05, 0.1) is 19.8 Å². The Morgan fingerprint density at radius 3 is 1.54 bits per heavy atom. The lowest BCUT2D eigenvalue weighted by Gasteiger charge is -2.44. The average molecular weight is 493 g/mol. The summed E-state index contributed by atoms with van der Waals surface area (Å²) in [4.78, 5) is 12.1. The van der Waals surface area contributed by atoms with Crippen LogP contribution in [0.5, 0.6) is 0 Å². The lowest BCUT2D eigenvalue weighted by Crippen LogP contribution is -2.59. The second kappa shape index (κ2) is 13.6. The van der Waals surface area contributed by atoms with Gasteiger partial charge in [0.1, 0.15) is 29.9 Å². The Bertz CT molecular complexity index is 1000. The molecule has 5 atom stereocenters. The molecule has 3 aromatic carbocycles. The monoisotopic (exact) mass is 492 g/mol. The Hall–Kier alpha value is -2.48. The van der Waals surface area contributed by atoms with Crippen LogP contribution in [0, 0.1) is 0 Å². The Kier molecular flexibility index (Phi) is 9.93. The van der Waals surface area contributed by atoms with E-state index < -0.39 is 24.4 Å². The number of ether oxygens (including phenoxy) is 4. The number of thioether (sulfide) groups is 1. The van der Waals surface area contributed by atoms with E-state index in [1.807, 2.05) is 91.0 Å². The Morgan fingerprint density at radius 2 is 1.11 bits per heavy atom. The number of rotatable bonds is 12. The molecule has 4 rings (SSSR count). The van der Waals surface area contributed by atoms with E-state index in [1.165, 1.54) is 0 Å². The summed E-state index contributed by atoms with van der Waals surface area (Å²) < 4.78 is 25.5. The molecule has 35 heavy (non-hydrogen) atoms. The zero-order chi connectivity index (χ0) is 24.3. The highest BCUT2D eigenvalue weighted by molar-refractivity contribution is 7.99. The molecule has 1 heterocycles. The van der Waals surface area contributed by atoms with Crippen molar-refractivity contribution in [2.75, 3.05) is 5.75 Å². The van der Waals surface area contributed by atoms with Crippen LogP contribution in [-0.4, -0.2) is 41.9 Å². The van der Waals surface area contributed by atoms with Gasteiger partial charge in [-0.3, -0.25) is 0 Å². The molecule has 0 aliphatic carbocycles. The standard InChI is InChI=1S/C29H32O5S/c1-2-35-29-28(33-21-24-16-10-5-11-17-24)27(32-20-23-14-8-4-9-15-23)26(25(18-30)34-29)31-19-22-12-6-3-7-13-22/h3-18,25-29H,2,19-21H2,1H3/t25-,26-,27+,28-,29+/m1/s1. The van der Waals surface area contributed by atoms with Crippen molar-refractivity contribution in [3.8, 4) is 0 Å². The van der Waals surface area contributed by atoms with E-state index in [-0.39, 0.29) is 5.44 Å². The van der Waals surface area contributed by atoms with Crippen LogP contribution < -0.4 is 0 Å². The molecule has 184 valence electrons. The molecular weight excluding hydrogens is 460 g/mol. The fourth-order valence-electron chi connectivity index (χ4n) is 4.10. The van der Waals surface area contributed by atoms with Crippen molar-refractivity contribution < 1.29 is 23.7 Å². The van der Waals surface area contributed by atoms with Crippen LogP contribution >= 0.6 is 11.8 Å². The van der Waals surface area contributed by atoms with Crippen molar-refractivity contribution in [3.63, 3.8) is 0 Å². The maximum Gasteiger partial charge on any atom is 0.151 e. The third kappa shape index (κ3) is 7.26. The average Bonchev–Trinajstić information content (AvgIpc) is 2.92. The van der Waals surface area contributed by atoms with Crippen LogP contribution in [0.4, 0.5) is 0 Å². The molecule has 0 unspecified atom stereocenters. The SMILES string of the molecule is CCS[C@@H]1O[C@H](C=O)[C@@H](OCc2ccccc2)[C@H](OCc2ccccc2)[C@H]1OCc1ccccc1. The van der Waals surface area contributed by atoms with Crippen LogP contribution in [-0.2, 0) is 43.6 Å². The minimum Gasteiger partial charge on any atom is -0.368 e. The van der Waals surface area contributed by atoms with Crippen molar-refractivity contribution in [3.05, 3.63) is 108 Å². The summed E-state index contributed by atoms with van der Waals surface area (Å²) >= 11 is 1.61. The van der Waals surface area contributed by atoms with Crippen LogP contribution in [0.25, 0.3) is 0 Å². The molecule has 0 radical (unpaired) electrons. The second-order valence-electron chi connectivity index (χ2n) is 8.34. The highest BCUT2D eigenvalue weighted by Crippen LogP contribution is 2.34. The Balaban J connectivity index is 1.58. The zero-order valence-corrected chi connectivity index (χ0v) is 20.7. The lowest BCUT2D eigenvalue weighted by atomic mass is 9.99. The van der Waals surface area contributed by atoms with Gasteiger partial charge in [0.2, 0.25) is 0 Å². The van der Waals surface area contributed by atoms with E-state index in [0.717, 1.165) is 28.7 Å². The highest BCUT2D eigenvalue weighted by Gasteiger charge is 2.48. The smallest absolute Gasteiger partial charge is 0.151 e. The topological polar surface area (TPSA) is 54.0 Å². The highest BCUT2D eigenvalue weighted by atomic mass is 32.2. The lowest BCUT2D eigenvalue weighted by molar-refractivity contribution is -0.239. The summed E-state index contributed by atoms with van der Waals surface area (Å²) in [6, 6.07) is 29.9. The molecular formula is C29H32O5S. The van der Waals surface area contributed by atoms with Gasteiger partial charge in [0.15, 0.2) is 6.29 Å². The van der Waals surface area contributed by atoms with Gasteiger partial charge >= 0.3 is 0 Å². The van der Waals surface area contributed by atoms with Crippen LogP contribution in [0.3, 0.4) is 0 Å². The Morgan fingerprint density at radius 1 is 0.686 bits per heavy atom. The fourth-order valence-corrected chi connectivity index (χ4v) is 5.06. The zero-order valence-electron chi connectivity index (χ0n) is 19.9. The van der Waals surface area contributed by atoms with E-state index in [9.17, 15) is 4.79 Å². The van der Waals surface area contributed by atoms with Gasteiger partial charge in [-0.05, 0) is 22.4 Å². The van der Waals surface area contributed by atoms with Crippen molar-refractivity contribution in [1.82, 2.24) is 0 Å². The first-order valence-electron chi connectivity index (χ1n) is 12.0. The predicted molar refractivity (Wildman–Crippen MR) is 138 cm³/mol. The summed E-state index contributed by atoms with van der Waals surface area (Å²) in [7, 11) is 0. The second-order valence-corrected chi connectivity index (χ2v) is 9.72. The van der Waals surface area contributed by atoms with Gasteiger partial charge in [-0.2, -0.15) is 0 Å². The third-order valence-electron chi connectivity index (χ3n) is 5.85. The summed E-state index contributed by atoms with van der Waals surface area (Å²) in [5, 5.41) is 0. The molecule has 6 heteroatoms. The fraction of sp³-hybridized carbons (Fsp3) is 0.345. The molecule has 0 N–H and O–H groups in total.